The number of hydrogen-bond donors (Lipinski definition) is 2. The number of thiophene rings is 1. The van der Waals surface area contributed by atoms with Gasteiger partial charge in [-0.05, 0) is 36.1 Å². The van der Waals surface area contributed by atoms with Crippen molar-refractivity contribution in [3.05, 3.63) is 21.9 Å². The van der Waals surface area contributed by atoms with Crippen molar-refractivity contribution >= 4 is 23.1 Å². The van der Waals surface area contributed by atoms with E-state index in [9.17, 15) is 0 Å². The van der Waals surface area contributed by atoms with Crippen molar-refractivity contribution in [1.29, 1.82) is 0 Å². The van der Waals surface area contributed by atoms with Crippen LogP contribution in [0.5, 0.6) is 0 Å². The zero-order chi connectivity index (χ0) is 10.4. The van der Waals surface area contributed by atoms with E-state index in [1.54, 1.807) is 11.3 Å². The van der Waals surface area contributed by atoms with Gasteiger partial charge in [0.15, 0.2) is 0 Å². The van der Waals surface area contributed by atoms with Crippen molar-refractivity contribution < 1.29 is 0 Å². The Morgan fingerprint density at radius 3 is 2.93 bits per heavy atom. The van der Waals surface area contributed by atoms with Crippen LogP contribution < -0.4 is 11.3 Å². The second-order valence-electron chi connectivity index (χ2n) is 3.26. The number of rotatable bonds is 6. The molecule has 0 aliphatic heterocycles. The monoisotopic (exact) mass is 230 g/mol. The Morgan fingerprint density at radius 1 is 1.64 bits per heavy atom. The van der Waals surface area contributed by atoms with Crippen molar-refractivity contribution in [2.24, 2.45) is 5.84 Å². The molecule has 0 saturated carbocycles. The number of thioether (sulfide) groups is 1. The summed E-state index contributed by atoms with van der Waals surface area (Å²) in [5, 5.41) is 2.12. The maximum absolute atomic E-state index is 5.56. The average molecular weight is 230 g/mol. The van der Waals surface area contributed by atoms with Crippen LogP contribution in [0.25, 0.3) is 0 Å². The molecule has 0 aliphatic rings. The minimum Gasteiger partial charge on any atom is -0.271 e. The van der Waals surface area contributed by atoms with Crippen LogP contribution in [-0.2, 0) is 0 Å². The highest BCUT2D eigenvalue weighted by Crippen LogP contribution is 2.26. The molecule has 14 heavy (non-hydrogen) atoms. The van der Waals surface area contributed by atoms with E-state index in [-0.39, 0.29) is 0 Å². The van der Waals surface area contributed by atoms with Gasteiger partial charge in [0, 0.05) is 10.6 Å². The minimum atomic E-state index is 0.312. The summed E-state index contributed by atoms with van der Waals surface area (Å²) >= 11 is 3.74. The summed E-state index contributed by atoms with van der Waals surface area (Å²) in [6.45, 7) is 4.34. The zero-order valence-corrected chi connectivity index (χ0v) is 10.4. The standard InChI is InChI=1S/C10H18N2S2/c1-3-5-13-7-9(12-11)10-8(2)4-6-14-10/h4,6,9,12H,3,5,7,11H2,1-2H3. The van der Waals surface area contributed by atoms with Gasteiger partial charge in [0.2, 0.25) is 0 Å². The highest BCUT2D eigenvalue weighted by molar-refractivity contribution is 7.99. The summed E-state index contributed by atoms with van der Waals surface area (Å²) in [6, 6.07) is 2.46. The quantitative estimate of drug-likeness (QED) is 0.448. The lowest BCUT2D eigenvalue weighted by atomic mass is 10.2. The van der Waals surface area contributed by atoms with Crippen LogP contribution in [0.15, 0.2) is 11.4 Å². The third-order valence-corrected chi connectivity index (χ3v) is 4.45. The molecule has 1 rings (SSSR count). The Balaban J connectivity index is 2.50. The van der Waals surface area contributed by atoms with Crippen molar-refractivity contribution in [3.8, 4) is 0 Å². The molecular formula is C10H18N2S2. The van der Waals surface area contributed by atoms with Gasteiger partial charge in [-0.15, -0.1) is 11.3 Å². The van der Waals surface area contributed by atoms with E-state index in [1.165, 1.54) is 22.6 Å². The van der Waals surface area contributed by atoms with Crippen molar-refractivity contribution in [2.75, 3.05) is 11.5 Å². The molecular weight excluding hydrogens is 212 g/mol. The molecule has 0 aliphatic carbocycles. The van der Waals surface area contributed by atoms with Crippen LogP contribution in [-0.4, -0.2) is 11.5 Å². The number of nitrogens with two attached hydrogens (primary N) is 1. The Bertz CT molecular complexity index is 260. The van der Waals surface area contributed by atoms with Crippen LogP contribution in [0.2, 0.25) is 0 Å². The first-order chi connectivity index (χ1) is 6.79. The van der Waals surface area contributed by atoms with Gasteiger partial charge in [-0.25, -0.2) is 0 Å². The molecule has 0 spiro atoms. The summed E-state index contributed by atoms with van der Waals surface area (Å²) in [5.41, 5.74) is 4.24. The van der Waals surface area contributed by atoms with Crippen LogP contribution in [0.1, 0.15) is 29.8 Å². The summed E-state index contributed by atoms with van der Waals surface area (Å²) in [5.74, 6) is 7.83. The van der Waals surface area contributed by atoms with Crippen molar-refractivity contribution in [3.63, 3.8) is 0 Å². The highest BCUT2D eigenvalue weighted by Gasteiger charge is 2.12. The Morgan fingerprint density at radius 2 is 2.43 bits per heavy atom. The fourth-order valence-electron chi connectivity index (χ4n) is 1.29. The number of aryl methyl sites for hydroxylation is 1. The van der Waals surface area contributed by atoms with Gasteiger partial charge in [0.25, 0.3) is 0 Å². The first kappa shape index (κ1) is 12.0. The molecule has 1 heterocycles. The Labute approximate surface area is 94.2 Å². The minimum absolute atomic E-state index is 0.312. The average Bonchev–Trinajstić information content (AvgIpc) is 2.60. The fraction of sp³-hybridized carbons (Fsp3) is 0.600. The molecule has 1 aromatic heterocycles. The van der Waals surface area contributed by atoms with Crippen LogP contribution in [0.3, 0.4) is 0 Å². The largest absolute Gasteiger partial charge is 0.271 e. The molecule has 3 N–H and O–H groups in total. The highest BCUT2D eigenvalue weighted by atomic mass is 32.2. The van der Waals surface area contributed by atoms with Crippen molar-refractivity contribution in [2.45, 2.75) is 26.3 Å². The van der Waals surface area contributed by atoms with E-state index in [2.05, 4.69) is 30.7 Å². The molecule has 1 atom stereocenters. The summed E-state index contributed by atoms with van der Waals surface area (Å²) in [6.07, 6.45) is 1.23. The van der Waals surface area contributed by atoms with Gasteiger partial charge < -0.3 is 0 Å². The topological polar surface area (TPSA) is 38.0 Å². The van der Waals surface area contributed by atoms with E-state index in [4.69, 9.17) is 5.84 Å². The second kappa shape index (κ2) is 6.45. The molecule has 0 bridgehead atoms. The first-order valence-electron chi connectivity index (χ1n) is 4.87. The Kier molecular flexibility index (Phi) is 5.55. The third kappa shape index (κ3) is 3.28. The van der Waals surface area contributed by atoms with E-state index in [0.29, 0.717) is 6.04 Å². The third-order valence-electron chi connectivity index (χ3n) is 2.05. The van der Waals surface area contributed by atoms with Crippen molar-refractivity contribution in [1.82, 2.24) is 5.43 Å². The summed E-state index contributed by atoms with van der Waals surface area (Å²) in [7, 11) is 0. The van der Waals surface area contributed by atoms with E-state index in [1.807, 2.05) is 11.8 Å². The van der Waals surface area contributed by atoms with Gasteiger partial charge in [-0.1, -0.05) is 6.92 Å². The van der Waals surface area contributed by atoms with Gasteiger partial charge >= 0.3 is 0 Å². The number of hydrogen-bond acceptors (Lipinski definition) is 4. The lowest BCUT2D eigenvalue weighted by molar-refractivity contribution is 0.617. The maximum Gasteiger partial charge on any atom is 0.0646 e. The van der Waals surface area contributed by atoms with Gasteiger partial charge in [0.1, 0.15) is 0 Å². The lowest BCUT2D eigenvalue weighted by Crippen LogP contribution is -2.29. The predicted molar refractivity (Wildman–Crippen MR) is 66.7 cm³/mol. The summed E-state index contributed by atoms with van der Waals surface area (Å²) < 4.78 is 0. The molecule has 2 nitrogen and oxygen atoms in total. The second-order valence-corrected chi connectivity index (χ2v) is 5.36. The zero-order valence-electron chi connectivity index (χ0n) is 8.75. The van der Waals surface area contributed by atoms with Gasteiger partial charge in [-0.3, -0.25) is 11.3 Å². The molecule has 0 amide bonds. The predicted octanol–water partition coefficient (Wildman–Crippen LogP) is 2.70. The number of nitrogens with one attached hydrogen (secondary N) is 1. The lowest BCUT2D eigenvalue weighted by Gasteiger charge is -2.14. The maximum atomic E-state index is 5.56. The molecule has 0 aromatic carbocycles. The molecule has 4 heteroatoms. The normalized spacial score (nSPS) is 13.1. The fourth-order valence-corrected chi connectivity index (χ4v) is 3.33. The molecule has 0 fully saturated rings. The van der Waals surface area contributed by atoms with E-state index >= 15 is 0 Å². The Hall–Kier alpha value is -0.0300. The van der Waals surface area contributed by atoms with Gasteiger partial charge in [0.05, 0.1) is 6.04 Å². The molecule has 1 aromatic rings. The van der Waals surface area contributed by atoms with Crippen LogP contribution in [0, 0.1) is 6.92 Å². The molecule has 0 saturated heterocycles. The SMILES string of the molecule is CCCSCC(NN)c1sccc1C. The molecule has 0 radical (unpaired) electrons. The molecule has 80 valence electrons. The smallest absolute Gasteiger partial charge is 0.0646 e. The first-order valence-corrected chi connectivity index (χ1v) is 6.90. The van der Waals surface area contributed by atoms with Crippen LogP contribution in [0.4, 0.5) is 0 Å². The summed E-state index contributed by atoms with van der Waals surface area (Å²) in [4.78, 5) is 1.37. The number of hydrazine groups is 1. The van der Waals surface area contributed by atoms with Gasteiger partial charge in [-0.2, -0.15) is 11.8 Å². The van der Waals surface area contributed by atoms with Crippen LogP contribution >= 0.6 is 23.1 Å². The van der Waals surface area contributed by atoms with E-state index < -0.39 is 0 Å². The molecule has 1 unspecified atom stereocenters. The van der Waals surface area contributed by atoms with E-state index in [0.717, 1.165) is 5.75 Å².